The third-order valence-electron chi connectivity index (χ3n) is 4.74. The molecule has 0 aliphatic rings. The Morgan fingerprint density at radius 1 is 1.10 bits per heavy atom. The molecule has 0 atom stereocenters. The van der Waals surface area contributed by atoms with E-state index in [0.29, 0.717) is 17.4 Å². The summed E-state index contributed by atoms with van der Waals surface area (Å²) in [4.78, 5) is 43.0. The van der Waals surface area contributed by atoms with Gasteiger partial charge in [0.05, 0.1) is 24.3 Å². The second kappa shape index (κ2) is 9.14. The molecule has 0 bridgehead atoms. The van der Waals surface area contributed by atoms with E-state index in [2.05, 4.69) is 4.98 Å². The maximum absolute atomic E-state index is 12.8. The van der Waals surface area contributed by atoms with Crippen LogP contribution < -0.4 is 5.56 Å². The van der Waals surface area contributed by atoms with Gasteiger partial charge in [0.1, 0.15) is 6.54 Å². The molecule has 7 heteroatoms. The highest BCUT2D eigenvalue weighted by Crippen LogP contribution is 2.12. The van der Waals surface area contributed by atoms with Crippen molar-refractivity contribution in [3.63, 3.8) is 0 Å². The lowest BCUT2D eigenvalue weighted by molar-refractivity contribution is -0.147. The number of carbonyl (C=O) groups is 2. The highest BCUT2D eigenvalue weighted by molar-refractivity contribution is 5.82. The van der Waals surface area contributed by atoms with Crippen molar-refractivity contribution in [3.8, 4) is 0 Å². The average Bonchev–Trinajstić information content (AvgIpc) is 2.73. The Morgan fingerprint density at radius 3 is 2.59 bits per heavy atom. The average molecular weight is 393 g/mol. The van der Waals surface area contributed by atoms with Crippen LogP contribution in [0.5, 0.6) is 0 Å². The molecule has 0 radical (unpaired) electrons. The molecule has 150 valence electrons. The Labute approximate surface area is 168 Å². The van der Waals surface area contributed by atoms with Crippen LogP contribution in [0.1, 0.15) is 17.5 Å². The van der Waals surface area contributed by atoms with E-state index in [9.17, 15) is 14.4 Å². The lowest BCUT2D eigenvalue weighted by Crippen LogP contribution is -2.36. The maximum atomic E-state index is 12.8. The number of aryl methyl sites for hydroxylation is 2. The molecule has 0 fully saturated rings. The molecule has 0 saturated carbocycles. The molecular formula is C22H23N3O4. The molecule has 0 aliphatic heterocycles. The van der Waals surface area contributed by atoms with Gasteiger partial charge in [-0.3, -0.25) is 19.0 Å². The monoisotopic (exact) mass is 393 g/mol. The topological polar surface area (TPSA) is 81.5 Å². The van der Waals surface area contributed by atoms with E-state index in [1.54, 1.807) is 6.07 Å². The van der Waals surface area contributed by atoms with Gasteiger partial charge in [-0.25, -0.2) is 4.98 Å². The molecule has 3 aromatic rings. The summed E-state index contributed by atoms with van der Waals surface area (Å²) in [5.74, 6) is -0.732. The predicted molar refractivity (Wildman–Crippen MR) is 109 cm³/mol. The summed E-state index contributed by atoms with van der Waals surface area (Å²) in [6.07, 6.45) is 1.54. The quantitative estimate of drug-likeness (QED) is 0.576. The van der Waals surface area contributed by atoms with Crippen LogP contribution in [0.3, 0.4) is 0 Å². The lowest BCUT2D eigenvalue weighted by Gasteiger charge is -2.22. The van der Waals surface area contributed by atoms with Gasteiger partial charge in [-0.2, -0.15) is 0 Å². The van der Waals surface area contributed by atoms with Gasteiger partial charge in [0.15, 0.2) is 0 Å². The first-order chi connectivity index (χ1) is 14.0. The molecule has 0 unspecified atom stereocenters. The van der Waals surface area contributed by atoms with Crippen molar-refractivity contribution in [2.24, 2.45) is 0 Å². The number of hydrogen-bond donors (Lipinski definition) is 0. The van der Waals surface area contributed by atoms with Gasteiger partial charge < -0.3 is 9.64 Å². The predicted octanol–water partition coefficient (Wildman–Crippen LogP) is 2.30. The van der Waals surface area contributed by atoms with E-state index < -0.39 is 5.97 Å². The van der Waals surface area contributed by atoms with Crippen LogP contribution >= 0.6 is 0 Å². The normalized spacial score (nSPS) is 10.7. The Morgan fingerprint density at radius 2 is 1.86 bits per heavy atom. The third kappa shape index (κ3) is 4.87. The number of benzene rings is 2. The zero-order chi connectivity index (χ0) is 20.8. The van der Waals surface area contributed by atoms with Gasteiger partial charge in [-0.1, -0.05) is 42.5 Å². The number of nitrogens with zero attached hydrogens (tertiary/aromatic N) is 3. The van der Waals surface area contributed by atoms with Crippen LogP contribution in [0, 0.1) is 6.92 Å². The van der Waals surface area contributed by atoms with Crippen molar-refractivity contribution in [2.75, 3.05) is 13.7 Å². The fraction of sp³-hybridized carbons (Fsp3) is 0.273. The molecular weight excluding hydrogens is 370 g/mol. The standard InChI is InChI=1S/C22H23N3O4/c1-16-7-6-10-18-21(16)23-15-24(22(18)28)12-11-19(26)25(14-20(27)29-2)13-17-8-4-3-5-9-17/h3-10,15H,11-14H2,1-2H3. The molecule has 7 nitrogen and oxygen atoms in total. The molecule has 1 amide bonds. The Kier molecular flexibility index (Phi) is 6.39. The second-order valence-electron chi connectivity index (χ2n) is 6.78. The zero-order valence-electron chi connectivity index (χ0n) is 16.5. The number of carbonyl (C=O) groups excluding carboxylic acids is 2. The number of para-hydroxylation sites is 1. The van der Waals surface area contributed by atoms with Crippen molar-refractivity contribution < 1.29 is 14.3 Å². The van der Waals surface area contributed by atoms with Crippen LogP contribution in [-0.4, -0.2) is 40.0 Å². The Balaban J connectivity index is 1.75. The number of amides is 1. The van der Waals surface area contributed by atoms with Crippen molar-refractivity contribution in [3.05, 3.63) is 76.3 Å². The molecule has 0 aliphatic carbocycles. The van der Waals surface area contributed by atoms with Gasteiger partial charge in [-0.05, 0) is 24.1 Å². The SMILES string of the molecule is COC(=O)CN(Cc1ccccc1)C(=O)CCn1cnc2c(C)cccc2c1=O. The summed E-state index contributed by atoms with van der Waals surface area (Å²) in [7, 11) is 1.29. The molecule has 2 aromatic carbocycles. The molecule has 0 saturated heterocycles. The van der Waals surface area contributed by atoms with Gasteiger partial charge >= 0.3 is 5.97 Å². The molecule has 0 N–H and O–H groups in total. The Bertz CT molecular complexity index is 1080. The molecule has 0 spiro atoms. The number of hydrogen-bond acceptors (Lipinski definition) is 5. The second-order valence-corrected chi connectivity index (χ2v) is 6.78. The Hall–Kier alpha value is -3.48. The van der Waals surface area contributed by atoms with E-state index in [0.717, 1.165) is 11.1 Å². The van der Waals surface area contributed by atoms with Gasteiger partial charge in [-0.15, -0.1) is 0 Å². The van der Waals surface area contributed by atoms with Crippen LogP contribution in [0.2, 0.25) is 0 Å². The van der Waals surface area contributed by atoms with Gasteiger partial charge in [0.25, 0.3) is 5.56 Å². The number of fused-ring (bicyclic) bond motifs is 1. The van der Waals surface area contributed by atoms with Gasteiger partial charge in [0, 0.05) is 19.5 Å². The van der Waals surface area contributed by atoms with Gasteiger partial charge in [0.2, 0.25) is 5.91 Å². The largest absolute Gasteiger partial charge is 0.468 e. The lowest BCUT2D eigenvalue weighted by atomic mass is 10.1. The first kappa shape index (κ1) is 20.3. The van der Waals surface area contributed by atoms with Crippen molar-refractivity contribution in [1.29, 1.82) is 0 Å². The van der Waals surface area contributed by atoms with Crippen molar-refractivity contribution in [2.45, 2.75) is 26.4 Å². The minimum absolute atomic E-state index is 0.0722. The maximum Gasteiger partial charge on any atom is 0.325 e. The fourth-order valence-corrected chi connectivity index (χ4v) is 3.13. The minimum atomic E-state index is -0.491. The van der Waals surface area contributed by atoms with E-state index in [4.69, 9.17) is 4.74 Å². The first-order valence-electron chi connectivity index (χ1n) is 9.33. The molecule has 3 rings (SSSR count). The summed E-state index contributed by atoms with van der Waals surface area (Å²) in [5, 5.41) is 0.524. The number of esters is 1. The van der Waals surface area contributed by atoms with Crippen LogP contribution in [0.15, 0.2) is 59.7 Å². The number of methoxy groups -OCH3 is 1. The highest BCUT2D eigenvalue weighted by atomic mass is 16.5. The van der Waals surface area contributed by atoms with Crippen molar-refractivity contribution >= 4 is 22.8 Å². The highest BCUT2D eigenvalue weighted by Gasteiger charge is 2.18. The van der Waals surface area contributed by atoms with Crippen LogP contribution in [0.25, 0.3) is 10.9 Å². The van der Waals surface area contributed by atoms with Crippen molar-refractivity contribution in [1.82, 2.24) is 14.5 Å². The summed E-state index contributed by atoms with van der Waals surface area (Å²) in [6, 6.07) is 14.9. The number of rotatable bonds is 7. The first-order valence-corrected chi connectivity index (χ1v) is 9.33. The van der Waals surface area contributed by atoms with E-state index >= 15 is 0 Å². The summed E-state index contributed by atoms with van der Waals surface area (Å²) < 4.78 is 6.14. The minimum Gasteiger partial charge on any atom is -0.468 e. The van der Waals surface area contributed by atoms with Crippen LogP contribution in [0.4, 0.5) is 0 Å². The zero-order valence-corrected chi connectivity index (χ0v) is 16.5. The van der Waals surface area contributed by atoms with E-state index in [1.807, 2.05) is 49.4 Å². The molecule has 1 aromatic heterocycles. The number of ether oxygens (including phenoxy) is 1. The molecule has 29 heavy (non-hydrogen) atoms. The number of aromatic nitrogens is 2. The van der Waals surface area contributed by atoms with Crippen LogP contribution in [-0.2, 0) is 27.4 Å². The van der Waals surface area contributed by atoms with E-state index in [-0.39, 0.29) is 31.0 Å². The summed E-state index contributed by atoms with van der Waals surface area (Å²) in [5.41, 5.74) is 2.31. The smallest absolute Gasteiger partial charge is 0.325 e. The summed E-state index contributed by atoms with van der Waals surface area (Å²) in [6.45, 7) is 2.23. The van der Waals surface area contributed by atoms with E-state index in [1.165, 1.54) is 22.9 Å². The fourth-order valence-electron chi connectivity index (χ4n) is 3.13. The summed E-state index contributed by atoms with van der Waals surface area (Å²) >= 11 is 0. The molecule has 1 heterocycles. The third-order valence-corrected chi connectivity index (χ3v) is 4.74.